The van der Waals surface area contributed by atoms with E-state index in [0.717, 1.165) is 42.4 Å². The molecule has 0 atom stereocenters. The third-order valence-electron chi connectivity index (χ3n) is 3.62. The van der Waals surface area contributed by atoms with Gasteiger partial charge in [0.05, 0.1) is 0 Å². The molecule has 0 aliphatic heterocycles. The quantitative estimate of drug-likeness (QED) is 0.659. The Hall–Kier alpha value is -2.49. The molecule has 0 aromatic carbocycles. The molecule has 10 heteroatoms. The van der Waals surface area contributed by atoms with Gasteiger partial charge in [0.15, 0.2) is 16.1 Å². The van der Waals surface area contributed by atoms with E-state index in [9.17, 15) is 13.2 Å². The van der Waals surface area contributed by atoms with Gasteiger partial charge in [-0.3, -0.25) is 9.55 Å². The van der Waals surface area contributed by atoms with Gasteiger partial charge >= 0.3 is 6.18 Å². The highest BCUT2D eigenvalue weighted by molar-refractivity contribution is 7.99. The largest absolute Gasteiger partial charge is 0.433 e. The molecule has 128 valence electrons. The maximum Gasteiger partial charge on any atom is 0.433 e. The van der Waals surface area contributed by atoms with Gasteiger partial charge in [0.25, 0.3) is 0 Å². The van der Waals surface area contributed by atoms with Crippen LogP contribution < -0.4 is 0 Å². The normalized spacial score (nSPS) is 14.7. The number of nitrogens with zero attached hydrogens (tertiary/aromatic N) is 6. The Balaban J connectivity index is 1.69. The lowest BCUT2D eigenvalue weighted by Gasteiger charge is -2.09. The monoisotopic (exact) mass is 364 g/mol. The number of hydrogen-bond acceptors (Lipinski definition) is 6. The summed E-state index contributed by atoms with van der Waals surface area (Å²) >= 11 is 0.980. The van der Waals surface area contributed by atoms with Gasteiger partial charge in [-0.25, -0.2) is 9.97 Å². The van der Waals surface area contributed by atoms with Crippen molar-refractivity contribution in [2.45, 2.75) is 35.4 Å². The minimum atomic E-state index is -4.51. The maximum absolute atomic E-state index is 12.8. The topological polar surface area (TPSA) is 69.4 Å². The maximum atomic E-state index is 12.8. The lowest BCUT2D eigenvalue weighted by molar-refractivity contribution is -0.141. The summed E-state index contributed by atoms with van der Waals surface area (Å²) in [6.07, 6.45) is 1.86. The highest BCUT2D eigenvalue weighted by Gasteiger charge is 2.34. The number of halogens is 3. The zero-order valence-corrected chi connectivity index (χ0v) is 13.5. The molecule has 3 aromatic heterocycles. The average molecular weight is 364 g/mol. The van der Waals surface area contributed by atoms with E-state index in [1.165, 1.54) is 0 Å². The molecule has 0 radical (unpaired) electrons. The summed E-state index contributed by atoms with van der Waals surface area (Å²) in [5.74, 6) is 0.666. The van der Waals surface area contributed by atoms with E-state index in [2.05, 4.69) is 25.1 Å². The van der Waals surface area contributed by atoms with E-state index in [0.29, 0.717) is 11.0 Å². The van der Waals surface area contributed by atoms with Crippen molar-refractivity contribution in [2.75, 3.05) is 0 Å². The minimum Gasteiger partial charge on any atom is -0.299 e. The Morgan fingerprint density at radius 3 is 2.48 bits per heavy atom. The zero-order valence-electron chi connectivity index (χ0n) is 12.7. The first-order valence-corrected chi connectivity index (χ1v) is 8.27. The van der Waals surface area contributed by atoms with E-state index in [4.69, 9.17) is 0 Å². The van der Waals surface area contributed by atoms with Gasteiger partial charge in [-0.2, -0.15) is 13.2 Å². The molecule has 1 fully saturated rings. The number of alkyl halides is 3. The fraction of sp³-hybridized carbons (Fsp3) is 0.267. The molecule has 3 heterocycles. The SMILES string of the molecule is FC(F)(F)c1ccnc(Sc2nnc(-c3ccncc3)n2C2CC2)n1. The van der Waals surface area contributed by atoms with Crippen molar-refractivity contribution >= 4 is 11.8 Å². The van der Waals surface area contributed by atoms with Crippen molar-refractivity contribution in [1.82, 2.24) is 29.7 Å². The molecule has 25 heavy (non-hydrogen) atoms. The molecule has 1 saturated carbocycles. The number of aromatic nitrogens is 6. The van der Waals surface area contributed by atoms with Crippen LogP contribution >= 0.6 is 11.8 Å². The van der Waals surface area contributed by atoms with Gasteiger partial charge in [0.2, 0.25) is 0 Å². The van der Waals surface area contributed by atoms with Gasteiger partial charge in [0, 0.05) is 30.2 Å². The molecule has 4 rings (SSSR count). The lowest BCUT2D eigenvalue weighted by atomic mass is 10.2. The Morgan fingerprint density at radius 1 is 1.04 bits per heavy atom. The van der Waals surface area contributed by atoms with E-state index in [-0.39, 0.29) is 11.2 Å². The second kappa shape index (κ2) is 6.10. The first-order chi connectivity index (χ1) is 12.0. The van der Waals surface area contributed by atoms with E-state index in [1.54, 1.807) is 12.4 Å². The summed E-state index contributed by atoms with van der Waals surface area (Å²) in [5.41, 5.74) is -0.122. The van der Waals surface area contributed by atoms with Gasteiger partial charge in [-0.15, -0.1) is 10.2 Å². The molecule has 0 N–H and O–H groups in total. The summed E-state index contributed by atoms with van der Waals surface area (Å²) < 4.78 is 40.4. The van der Waals surface area contributed by atoms with Crippen LogP contribution in [0.1, 0.15) is 24.6 Å². The summed E-state index contributed by atoms with van der Waals surface area (Å²) in [5, 5.41) is 8.81. The van der Waals surface area contributed by atoms with Gasteiger partial charge in [-0.05, 0) is 42.8 Å². The van der Waals surface area contributed by atoms with Crippen LogP contribution in [0.3, 0.4) is 0 Å². The highest BCUT2D eigenvalue weighted by Crippen LogP contribution is 2.42. The third-order valence-corrected chi connectivity index (χ3v) is 4.46. The van der Waals surface area contributed by atoms with Crippen LogP contribution in [0.2, 0.25) is 0 Å². The summed E-state index contributed by atoms with van der Waals surface area (Å²) in [7, 11) is 0. The van der Waals surface area contributed by atoms with Crippen molar-refractivity contribution in [3.63, 3.8) is 0 Å². The van der Waals surface area contributed by atoms with Crippen molar-refractivity contribution in [3.05, 3.63) is 42.5 Å². The van der Waals surface area contributed by atoms with Crippen molar-refractivity contribution in [3.8, 4) is 11.4 Å². The predicted octanol–water partition coefficient (Wildman–Crippen LogP) is 3.64. The molecule has 0 bridgehead atoms. The Labute approximate surface area is 144 Å². The second-order valence-electron chi connectivity index (χ2n) is 5.47. The number of hydrogen-bond donors (Lipinski definition) is 0. The Bertz CT molecular complexity index is 892. The molecule has 0 saturated heterocycles. The van der Waals surface area contributed by atoms with Crippen LogP contribution in [0.25, 0.3) is 11.4 Å². The fourth-order valence-corrected chi connectivity index (χ4v) is 3.17. The smallest absolute Gasteiger partial charge is 0.299 e. The van der Waals surface area contributed by atoms with Crippen LogP contribution in [0.15, 0.2) is 47.1 Å². The van der Waals surface area contributed by atoms with E-state index in [1.807, 2.05) is 16.7 Å². The molecule has 0 amide bonds. The predicted molar refractivity (Wildman–Crippen MR) is 82.7 cm³/mol. The van der Waals surface area contributed by atoms with Gasteiger partial charge < -0.3 is 0 Å². The standard InChI is InChI=1S/C15H11F3N6S/c16-15(17,18)11-5-8-20-13(21-11)25-14-23-22-12(24(14)10-1-2-10)9-3-6-19-7-4-9/h3-8,10H,1-2H2. The Kier molecular flexibility index (Phi) is 3.91. The molecule has 6 nitrogen and oxygen atoms in total. The van der Waals surface area contributed by atoms with Crippen molar-refractivity contribution in [1.29, 1.82) is 0 Å². The molecular formula is C15H11F3N6S. The molecule has 0 spiro atoms. The summed E-state index contributed by atoms with van der Waals surface area (Å²) in [6, 6.07) is 4.72. The lowest BCUT2D eigenvalue weighted by Crippen LogP contribution is -2.09. The first kappa shape index (κ1) is 16.0. The van der Waals surface area contributed by atoms with Crippen LogP contribution in [-0.4, -0.2) is 29.7 Å². The Morgan fingerprint density at radius 2 is 1.80 bits per heavy atom. The summed E-state index contributed by atoms with van der Waals surface area (Å²) in [4.78, 5) is 11.5. The van der Waals surface area contributed by atoms with Crippen molar-refractivity contribution < 1.29 is 13.2 Å². The molecule has 1 aliphatic rings. The fourth-order valence-electron chi connectivity index (χ4n) is 2.34. The molecule has 3 aromatic rings. The van der Waals surface area contributed by atoms with Crippen LogP contribution in [0.4, 0.5) is 13.2 Å². The van der Waals surface area contributed by atoms with E-state index >= 15 is 0 Å². The summed E-state index contributed by atoms with van der Waals surface area (Å²) in [6.45, 7) is 0. The number of rotatable bonds is 4. The molecular weight excluding hydrogens is 353 g/mol. The first-order valence-electron chi connectivity index (χ1n) is 7.46. The van der Waals surface area contributed by atoms with Gasteiger partial charge in [0.1, 0.15) is 5.69 Å². The second-order valence-corrected chi connectivity index (χ2v) is 6.40. The van der Waals surface area contributed by atoms with E-state index < -0.39 is 11.9 Å². The van der Waals surface area contributed by atoms with Gasteiger partial charge in [-0.1, -0.05) is 0 Å². The van der Waals surface area contributed by atoms with Crippen LogP contribution in [-0.2, 0) is 6.18 Å². The minimum absolute atomic E-state index is 0.00889. The third kappa shape index (κ3) is 3.34. The molecule has 0 unspecified atom stereocenters. The van der Waals surface area contributed by atoms with Crippen LogP contribution in [0, 0.1) is 0 Å². The number of pyridine rings is 1. The average Bonchev–Trinajstić information content (AvgIpc) is 3.36. The molecule has 1 aliphatic carbocycles. The van der Waals surface area contributed by atoms with Crippen LogP contribution in [0.5, 0.6) is 0 Å². The zero-order chi connectivity index (χ0) is 17.4. The highest BCUT2D eigenvalue weighted by atomic mass is 32.2. The van der Waals surface area contributed by atoms with Crippen molar-refractivity contribution in [2.24, 2.45) is 0 Å².